The standard InChI is InChI=1S/C19H26ClN3O2/c1-14-6-2-3-11-23(14)18(24)13-21-17-8-7-15(20)12-16(17)19(25)22-9-4-5-10-22/h7-8,12,14,21H,2-6,9-11,13H2,1H3/t14-/m1/s1. The Balaban J connectivity index is 1.69. The third kappa shape index (κ3) is 4.27. The van der Waals surface area contributed by atoms with Gasteiger partial charge in [0, 0.05) is 36.4 Å². The third-order valence-electron chi connectivity index (χ3n) is 5.16. The van der Waals surface area contributed by atoms with Crippen LogP contribution in [-0.2, 0) is 4.79 Å². The molecule has 2 heterocycles. The molecule has 0 bridgehead atoms. The maximum atomic E-state index is 12.8. The number of nitrogens with one attached hydrogen (secondary N) is 1. The highest BCUT2D eigenvalue weighted by molar-refractivity contribution is 6.31. The molecule has 5 nitrogen and oxygen atoms in total. The topological polar surface area (TPSA) is 52.7 Å². The number of nitrogens with zero attached hydrogens (tertiary/aromatic N) is 2. The van der Waals surface area contributed by atoms with Gasteiger partial charge in [-0.1, -0.05) is 11.6 Å². The van der Waals surface area contributed by atoms with Crippen molar-refractivity contribution >= 4 is 29.1 Å². The van der Waals surface area contributed by atoms with Crippen molar-refractivity contribution in [2.45, 2.75) is 45.1 Å². The highest BCUT2D eigenvalue weighted by Gasteiger charge is 2.25. The molecule has 2 aliphatic heterocycles. The molecule has 2 fully saturated rings. The second kappa shape index (κ2) is 8.09. The van der Waals surface area contributed by atoms with Gasteiger partial charge in [-0.3, -0.25) is 9.59 Å². The predicted octanol–water partition coefficient (Wildman–Crippen LogP) is 3.39. The minimum atomic E-state index is -0.0127. The van der Waals surface area contributed by atoms with Gasteiger partial charge in [0.25, 0.3) is 5.91 Å². The molecular weight excluding hydrogens is 338 g/mol. The van der Waals surface area contributed by atoms with Gasteiger partial charge in [-0.05, 0) is 57.2 Å². The summed E-state index contributed by atoms with van der Waals surface area (Å²) in [4.78, 5) is 29.1. The van der Waals surface area contributed by atoms with Crippen LogP contribution >= 0.6 is 11.6 Å². The quantitative estimate of drug-likeness (QED) is 0.892. The van der Waals surface area contributed by atoms with E-state index in [1.54, 1.807) is 18.2 Å². The van der Waals surface area contributed by atoms with Crippen LogP contribution in [0.3, 0.4) is 0 Å². The zero-order chi connectivity index (χ0) is 17.8. The third-order valence-corrected chi connectivity index (χ3v) is 5.39. The molecule has 136 valence electrons. The molecule has 0 aromatic heterocycles. The second-order valence-corrected chi connectivity index (χ2v) is 7.41. The van der Waals surface area contributed by atoms with Crippen molar-refractivity contribution in [2.75, 3.05) is 31.5 Å². The summed E-state index contributed by atoms with van der Waals surface area (Å²) < 4.78 is 0. The average molecular weight is 364 g/mol. The zero-order valence-corrected chi connectivity index (χ0v) is 15.5. The van der Waals surface area contributed by atoms with Crippen LogP contribution in [-0.4, -0.2) is 53.8 Å². The summed E-state index contributed by atoms with van der Waals surface area (Å²) >= 11 is 6.10. The lowest BCUT2D eigenvalue weighted by Crippen LogP contribution is -2.44. The summed E-state index contributed by atoms with van der Waals surface area (Å²) in [5, 5.41) is 3.70. The van der Waals surface area contributed by atoms with Gasteiger partial charge in [-0.15, -0.1) is 0 Å². The van der Waals surface area contributed by atoms with Crippen molar-refractivity contribution in [3.63, 3.8) is 0 Å². The summed E-state index contributed by atoms with van der Waals surface area (Å²) in [7, 11) is 0. The van der Waals surface area contributed by atoms with Crippen LogP contribution in [0.1, 0.15) is 49.4 Å². The number of amides is 2. The number of anilines is 1. The normalized spacial score (nSPS) is 20.6. The zero-order valence-electron chi connectivity index (χ0n) is 14.8. The number of hydrogen-bond acceptors (Lipinski definition) is 3. The maximum absolute atomic E-state index is 12.8. The lowest BCUT2D eigenvalue weighted by molar-refractivity contribution is -0.132. The lowest BCUT2D eigenvalue weighted by atomic mass is 10.0. The van der Waals surface area contributed by atoms with E-state index in [9.17, 15) is 9.59 Å². The van der Waals surface area contributed by atoms with Crippen molar-refractivity contribution in [2.24, 2.45) is 0 Å². The average Bonchev–Trinajstić information content (AvgIpc) is 3.14. The van der Waals surface area contributed by atoms with Gasteiger partial charge in [-0.2, -0.15) is 0 Å². The van der Waals surface area contributed by atoms with Gasteiger partial charge in [0.15, 0.2) is 0 Å². The first kappa shape index (κ1) is 18.1. The predicted molar refractivity (Wildman–Crippen MR) is 100 cm³/mol. The molecule has 1 N–H and O–H groups in total. The first-order valence-corrected chi connectivity index (χ1v) is 9.56. The van der Waals surface area contributed by atoms with E-state index in [4.69, 9.17) is 11.6 Å². The Morgan fingerprint density at radius 2 is 1.88 bits per heavy atom. The van der Waals surface area contributed by atoms with Crippen molar-refractivity contribution in [1.82, 2.24) is 9.80 Å². The van der Waals surface area contributed by atoms with Gasteiger partial charge >= 0.3 is 0 Å². The summed E-state index contributed by atoms with van der Waals surface area (Å²) in [5.41, 5.74) is 1.23. The van der Waals surface area contributed by atoms with Crippen LogP contribution in [0.25, 0.3) is 0 Å². The number of carbonyl (C=O) groups is 2. The minimum absolute atomic E-state index is 0.0127. The molecule has 2 saturated heterocycles. The number of carbonyl (C=O) groups excluding carboxylic acids is 2. The van der Waals surface area contributed by atoms with E-state index in [0.717, 1.165) is 45.3 Å². The van der Waals surface area contributed by atoms with E-state index in [2.05, 4.69) is 12.2 Å². The van der Waals surface area contributed by atoms with Crippen LogP contribution in [0, 0.1) is 0 Å². The van der Waals surface area contributed by atoms with Crippen LogP contribution < -0.4 is 5.32 Å². The van der Waals surface area contributed by atoms with Crippen molar-refractivity contribution in [1.29, 1.82) is 0 Å². The van der Waals surface area contributed by atoms with Crippen LogP contribution in [0.5, 0.6) is 0 Å². The molecule has 1 aromatic carbocycles. The maximum Gasteiger partial charge on any atom is 0.256 e. The minimum Gasteiger partial charge on any atom is -0.376 e. The molecule has 6 heteroatoms. The molecule has 3 rings (SSSR count). The Kier molecular flexibility index (Phi) is 5.84. The Morgan fingerprint density at radius 1 is 1.16 bits per heavy atom. The van der Waals surface area contributed by atoms with E-state index in [-0.39, 0.29) is 18.4 Å². The summed E-state index contributed by atoms with van der Waals surface area (Å²) in [5.74, 6) is 0.0722. The molecule has 1 atom stereocenters. The van der Waals surface area contributed by atoms with Gasteiger partial charge in [-0.25, -0.2) is 0 Å². The van der Waals surface area contributed by atoms with Crippen molar-refractivity contribution < 1.29 is 9.59 Å². The summed E-state index contributed by atoms with van der Waals surface area (Å²) in [6.07, 6.45) is 5.39. The molecule has 0 radical (unpaired) electrons. The van der Waals surface area contributed by atoms with E-state index in [1.807, 2.05) is 9.80 Å². The number of hydrogen-bond donors (Lipinski definition) is 1. The van der Waals surface area contributed by atoms with Gasteiger partial charge in [0.05, 0.1) is 12.1 Å². The molecule has 0 aliphatic carbocycles. The van der Waals surface area contributed by atoms with E-state index in [0.29, 0.717) is 22.3 Å². The summed E-state index contributed by atoms with van der Waals surface area (Å²) in [6, 6.07) is 5.52. The number of piperidine rings is 1. The second-order valence-electron chi connectivity index (χ2n) is 6.97. The number of halogens is 1. The molecule has 0 unspecified atom stereocenters. The smallest absolute Gasteiger partial charge is 0.256 e. The fraction of sp³-hybridized carbons (Fsp3) is 0.579. The number of rotatable bonds is 4. The first-order chi connectivity index (χ1) is 12.1. The van der Waals surface area contributed by atoms with Gasteiger partial charge < -0.3 is 15.1 Å². The van der Waals surface area contributed by atoms with Crippen molar-refractivity contribution in [3.8, 4) is 0 Å². The summed E-state index contributed by atoms with van der Waals surface area (Å²) in [6.45, 7) is 4.69. The molecule has 25 heavy (non-hydrogen) atoms. The van der Waals surface area contributed by atoms with Crippen LogP contribution in [0.2, 0.25) is 5.02 Å². The van der Waals surface area contributed by atoms with E-state index in [1.165, 1.54) is 6.42 Å². The van der Waals surface area contributed by atoms with Gasteiger partial charge in [0.1, 0.15) is 0 Å². The van der Waals surface area contributed by atoms with Crippen molar-refractivity contribution in [3.05, 3.63) is 28.8 Å². The Labute approximate surface area is 154 Å². The number of likely N-dealkylation sites (tertiary alicyclic amines) is 2. The molecular formula is C19H26ClN3O2. The van der Waals surface area contributed by atoms with Gasteiger partial charge in [0.2, 0.25) is 5.91 Å². The van der Waals surface area contributed by atoms with Crippen LogP contribution in [0.15, 0.2) is 18.2 Å². The SMILES string of the molecule is C[C@@H]1CCCCN1C(=O)CNc1ccc(Cl)cc1C(=O)N1CCCC1. The monoisotopic (exact) mass is 363 g/mol. The highest BCUT2D eigenvalue weighted by Crippen LogP contribution is 2.24. The fourth-order valence-electron chi connectivity index (χ4n) is 3.68. The highest BCUT2D eigenvalue weighted by atomic mass is 35.5. The molecule has 2 aliphatic rings. The molecule has 2 amide bonds. The van der Waals surface area contributed by atoms with E-state index >= 15 is 0 Å². The molecule has 1 aromatic rings. The first-order valence-electron chi connectivity index (χ1n) is 9.18. The van der Waals surface area contributed by atoms with Crippen LogP contribution in [0.4, 0.5) is 5.69 Å². The Bertz CT molecular complexity index is 644. The number of benzene rings is 1. The Morgan fingerprint density at radius 3 is 2.60 bits per heavy atom. The Hall–Kier alpha value is -1.75. The fourth-order valence-corrected chi connectivity index (χ4v) is 3.85. The molecule has 0 saturated carbocycles. The lowest BCUT2D eigenvalue weighted by Gasteiger charge is -2.33. The largest absolute Gasteiger partial charge is 0.376 e. The van der Waals surface area contributed by atoms with E-state index < -0.39 is 0 Å². The molecule has 0 spiro atoms.